The molecule has 0 fully saturated rings. The lowest BCUT2D eigenvalue weighted by Crippen LogP contribution is -2.01. The third kappa shape index (κ3) is 3.93. The Morgan fingerprint density at radius 1 is 0.862 bits per heavy atom. The van der Waals surface area contributed by atoms with Crippen molar-refractivity contribution in [3.63, 3.8) is 0 Å². The maximum Gasteiger partial charge on any atom is 0.247 e. The van der Waals surface area contributed by atoms with Crippen molar-refractivity contribution in [2.24, 2.45) is 0 Å². The average molecular weight is 407 g/mol. The fourth-order valence-electron chi connectivity index (χ4n) is 3.08. The predicted octanol–water partition coefficient (Wildman–Crippen LogP) is 5.41. The van der Waals surface area contributed by atoms with E-state index in [0.717, 1.165) is 39.4 Å². The zero-order valence-corrected chi connectivity index (χ0v) is 17.0. The van der Waals surface area contributed by atoms with Crippen LogP contribution in [-0.4, -0.2) is 29.4 Å². The van der Waals surface area contributed by atoms with E-state index in [2.05, 4.69) is 20.5 Å². The molecule has 0 bridgehead atoms. The van der Waals surface area contributed by atoms with Crippen LogP contribution in [0.3, 0.4) is 0 Å². The third-order valence-corrected chi connectivity index (χ3v) is 4.91. The number of methoxy groups -OCH3 is 2. The van der Waals surface area contributed by atoms with E-state index in [0.29, 0.717) is 16.5 Å². The van der Waals surface area contributed by atoms with Crippen molar-refractivity contribution in [1.82, 2.24) is 15.2 Å². The Morgan fingerprint density at radius 2 is 1.59 bits per heavy atom. The van der Waals surface area contributed by atoms with Crippen molar-refractivity contribution in [1.29, 1.82) is 0 Å². The Labute approximate surface area is 173 Å². The monoisotopic (exact) mass is 406 g/mol. The zero-order chi connectivity index (χ0) is 20.4. The van der Waals surface area contributed by atoms with Crippen LogP contribution in [0.25, 0.3) is 22.2 Å². The van der Waals surface area contributed by atoms with Crippen LogP contribution in [0.2, 0.25) is 5.02 Å². The first kappa shape index (κ1) is 19.0. The molecule has 0 saturated heterocycles. The molecule has 0 aliphatic heterocycles. The number of hydrogen-bond acceptors (Lipinski definition) is 6. The van der Waals surface area contributed by atoms with Gasteiger partial charge in [-0.15, -0.1) is 10.2 Å². The van der Waals surface area contributed by atoms with Crippen molar-refractivity contribution in [2.75, 3.05) is 19.5 Å². The molecule has 6 nitrogen and oxygen atoms in total. The highest BCUT2D eigenvalue weighted by atomic mass is 35.5. The predicted molar refractivity (Wildman–Crippen MR) is 115 cm³/mol. The van der Waals surface area contributed by atoms with Gasteiger partial charge in [0.05, 0.1) is 19.7 Å². The molecular weight excluding hydrogens is 388 g/mol. The van der Waals surface area contributed by atoms with E-state index in [4.69, 9.17) is 21.1 Å². The van der Waals surface area contributed by atoms with Gasteiger partial charge >= 0.3 is 0 Å². The van der Waals surface area contributed by atoms with Crippen LogP contribution in [0, 0.1) is 6.92 Å². The first-order valence-corrected chi connectivity index (χ1v) is 9.35. The summed E-state index contributed by atoms with van der Waals surface area (Å²) in [4.78, 5) is 4.63. The molecule has 0 atom stereocenters. The number of fused-ring (bicyclic) bond motifs is 1. The lowest BCUT2D eigenvalue weighted by Gasteiger charge is -2.11. The van der Waals surface area contributed by atoms with E-state index >= 15 is 0 Å². The summed E-state index contributed by atoms with van der Waals surface area (Å²) >= 11 is 6.40. The van der Waals surface area contributed by atoms with Gasteiger partial charge in [0.2, 0.25) is 5.95 Å². The maximum atomic E-state index is 6.40. The molecule has 0 aliphatic rings. The summed E-state index contributed by atoms with van der Waals surface area (Å²) in [5.74, 6) is 1.95. The highest BCUT2D eigenvalue weighted by Gasteiger charge is 2.11. The molecule has 7 heteroatoms. The van der Waals surface area contributed by atoms with Crippen molar-refractivity contribution in [3.8, 4) is 22.6 Å². The van der Waals surface area contributed by atoms with E-state index in [1.54, 1.807) is 14.2 Å². The normalized spacial score (nSPS) is 10.8. The van der Waals surface area contributed by atoms with Gasteiger partial charge in [-0.05, 0) is 72.6 Å². The SMILES string of the molecule is COc1ccc(Nc2nnc3cc(-c4cc(OC)ccc4Cl)cc(C)c3n2)cc1. The molecule has 4 rings (SSSR count). The minimum absolute atomic E-state index is 0.429. The average Bonchev–Trinajstić information content (AvgIpc) is 2.75. The number of ether oxygens (including phenoxy) is 2. The molecule has 1 aromatic heterocycles. The number of benzene rings is 3. The van der Waals surface area contributed by atoms with E-state index in [9.17, 15) is 0 Å². The van der Waals surface area contributed by atoms with Crippen LogP contribution in [0.5, 0.6) is 11.5 Å². The van der Waals surface area contributed by atoms with Gasteiger partial charge in [-0.2, -0.15) is 0 Å². The lowest BCUT2D eigenvalue weighted by atomic mass is 10.0. The van der Waals surface area contributed by atoms with Crippen molar-refractivity contribution < 1.29 is 9.47 Å². The number of nitrogens with zero attached hydrogens (tertiary/aromatic N) is 3. The molecule has 1 heterocycles. The minimum atomic E-state index is 0.429. The van der Waals surface area contributed by atoms with Gasteiger partial charge in [-0.3, -0.25) is 0 Å². The van der Waals surface area contributed by atoms with Crippen molar-refractivity contribution >= 4 is 34.3 Å². The van der Waals surface area contributed by atoms with Gasteiger partial charge in [0.15, 0.2) is 0 Å². The maximum absolute atomic E-state index is 6.40. The zero-order valence-electron chi connectivity index (χ0n) is 16.2. The van der Waals surface area contributed by atoms with Crippen LogP contribution >= 0.6 is 11.6 Å². The second-order valence-electron chi connectivity index (χ2n) is 6.50. The Bertz CT molecular complexity index is 1180. The molecule has 0 spiro atoms. The second kappa shape index (κ2) is 7.93. The summed E-state index contributed by atoms with van der Waals surface area (Å²) < 4.78 is 10.5. The van der Waals surface area contributed by atoms with Gasteiger partial charge in [-0.1, -0.05) is 11.6 Å². The van der Waals surface area contributed by atoms with Crippen molar-refractivity contribution in [2.45, 2.75) is 6.92 Å². The first-order valence-electron chi connectivity index (χ1n) is 8.97. The number of aromatic nitrogens is 3. The van der Waals surface area contributed by atoms with E-state index < -0.39 is 0 Å². The van der Waals surface area contributed by atoms with Crippen molar-refractivity contribution in [3.05, 3.63) is 65.2 Å². The molecule has 0 radical (unpaired) electrons. The molecule has 0 unspecified atom stereocenters. The van der Waals surface area contributed by atoms with Crippen LogP contribution in [-0.2, 0) is 0 Å². The highest BCUT2D eigenvalue weighted by molar-refractivity contribution is 6.33. The second-order valence-corrected chi connectivity index (χ2v) is 6.90. The molecule has 1 N–H and O–H groups in total. The van der Waals surface area contributed by atoms with Gasteiger partial charge < -0.3 is 14.8 Å². The van der Waals surface area contributed by atoms with E-state index in [1.165, 1.54) is 0 Å². The molecule has 29 heavy (non-hydrogen) atoms. The number of anilines is 2. The summed E-state index contributed by atoms with van der Waals surface area (Å²) in [6, 6.07) is 17.1. The number of nitrogens with one attached hydrogen (secondary N) is 1. The molecule has 0 saturated carbocycles. The summed E-state index contributed by atoms with van der Waals surface area (Å²) in [6.07, 6.45) is 0. The largest absolute Gasteiger partial charge is 0.497 e. The number of halogens is 1. The Balaban J connectivity index is 1.70. The van der Waals surface area contributed by atoms with Crippen LogP contribution in [0.4, 0.5) is 11.6 Å². The smallest absolute Gasteiger partial charge is 0.247 e. The molecule has 3 aromatic carbocycles. The quantitative estimate of drug-likeness (QED) is 0.477. The first-order chi connectivity index (χ1) is 14.1. The van der Waals surface area contributed by atoms with Gasteiger partial charge in [-0.25, -0.2) is 4.98 Å². The lowest BCUT2D eigenvalue weighted by molar-refractivity contribution is 0.415. The molecular formula is C22H19ClN4O2. The fourth-order valence-corrected chi connectivity index (χ4v) is 3.30. The van der Waals surface area contributed by atoms with Crippen LogP contribution in [0.15, 0.2) is 54.6 Å². The summed E-state index contributed by atoms with van der Waals surface area (Å²) in [6.45, 7) is 1.99. The number of aryl methyl sites for hydroxylation is 1. The van der Waals surface area contributed by atoms with E-state index in [-0.39, 0.29) is 0 Å². The summed E-state index contributed by atoms with van der Waals surface area (Å²) in [5, 5.41) is 12.4. The number of hydrogen-bond donors (Lipinski definition) is 1. The standard InChI is InChI=1S/C22H19ClN4O2/c1-13-10-14(18-12-17(29-3)8-9-19(18)23)11-20-21(13)25-22(27-26-20)24-15-4-6-16(28-2)7-5-15/h4-12H,1-3H3,(H,24,25,27). The molecule has 146 valence electrons. The number of rotatable bonds is 5. The minimum Gasteiger partial charge on any atom is -0.497 e. The third-order valence-electron chi connectivity index (χ3n) is 4.58. The highest BCUT2D eigenvalue weighted by Crippen LogP contribution is 2.34. The Hall–Kier alpha value is -3.38. The Kier molecular flexibility index (Phi) is 5.18. The van der Waals surface area contributed by atoms with E-state index in [1.807, 2.05) is 61.5 Å². The molecule has 4 aromatic rings. The Morgan fingerprint density at radius 3 is 2.31 bits per heavy atom. The fraction of sp³-hybridized carbons (Fsp3) is 0.136. The van der Waals surface area contributed by atoms with Gasteiger partial charge in [0.25, 0.3) is 0 Å². The van der Waals surface area contributed by atoms with Crippen LogP contribution < -0.4 is 14.8 Å². The van der Waals surface area contributed by atoms with Crippen LogP contribution in [0.1, 0.15) is 5.56 Å². The van der Waals surface area contributed by atoms with Gasteiger partial charge in [0.1, 0.15) is 17.0 Å². The topological polar surface area (TPSA) is 69.2 Å². The summed E-state index contributed by atoms with van der Waals surface area (Å²) in [5.41, 5.74) is 5.11. The van der Waals surface area contributed by atoms with Gasteiger partial charge in [0, 0.05) is 16.3 Å². The summed E-state index contributed by atoms with van der Waals surface area (Å²) in [7, 11) is 3.26. The molecule has 0 aliphatic carbocycles. The molecule has 0 amide bonds.